The molecule has 0 atom stereocenters. The van der Waals surface area contributed by atoms with Crippen LogP contribution in [0.2, 0.25) is 5.02 Å². The number of fused-ring (bicyclic) bond motifs is 1. The maximum atomic E-state index is 13.8. The standard InChI is InChI=1S/C24H25ClN4OS2/c1-5-31-20-9-7-6-8-18(20)23(30)28(12-13-29-16(3)14-15(2)27-29)24-26-22-17(4)19(25)10-11-21(22)32-24/h6-11,14H,5,12-13H2,1-4H3. The lowest BCUT2D eigenvalue weighted by molar-refractivity contribution is 0.0983. The molecule has 0 spiro atoms. The Labute approximate surface area is 201 Å². The number of aryl methyl sites for hydroxylation is 3. The molecule has 0 bridgehead atoms. The molecule has 4 aromatic rings. The van der Waals surface area contributed by atoms with Crippen LogP contribution in [-0.4, -0.2) is 33.0 Å². The molecular weight excluding hydrogens is 460 g/mol. The summed E-state index contributed by atoms with van der Waals surface area (Å²) in [6.07, 6.45) is 0. The molecule has 2 aromatic heterocycles. The van der Waals surface area contributed by atoms with E-state index in [1.807, 2.05) is 67.9 Å². The number of carbonyl (C=O) groups is 1. The molecule has 0 radical (unpaired) electrons. The van der Waals surface area contributed by atoms with Gasteiger partial charge < -0.3 is 0 Å². The minimum atomic E-state index is -0.0501. The SMILES string of the molecule is CCSc1ccccc1C(=O)N(CCn1nc(C)cc1C)c1nc2c(C)c(Cl)ccc2s1. The van der Waals surface area contributed by atoms with E-state index in [1.54, 1.807) is 16.7 Å². The first-order valence-electron chi connectivity index (χ1n) is 10.5. The van der Waals surface area contributed by atoms with Gasteiger partial charge in [-0.2, -0.15) is 5.10 Å². The number of aromatic nitrogens is 3. The summed E-state index contributed by atoms with van der Waals surface area (Å²) in [5, 5.41) is 5.92. The molecule has 0 unspecified atom stereocenters. The van der Waals surface area contributed by atoms with Crippen LogP contribution in [0.25, 0.3) is 10.2 Å². The summed E-state index contributed by atoms with van der Waals surface area (Å²) in [7, 11) is 0. The predicted molar refractivity (Wildman–Crippen MR) is 136 cm³/mol. The summed E-state index contributed by atoms with van der Waals surface area (Å²) >= 11 is 9.51. The van der Waals surface area contributed by atoms with Crippen LogP contribution in [0.3, 0.4) is 0 Å². The predicted octanol–water partition coefficient (Wildman–Crippen LogP) is 6.53. The van der Waals surface area contributed by atoms with Crippen LogP contribution in [0, 0.1) is 20.8 Å². The number of benzene rings is 2. The molecule has 32 heavy (non-hydrogen) atoms. The Balaban J connectivity index is 1.75. The molecule has 0 N–H and O–H groups in total. The minimum Gasteiger partial charge on any atom is -0.282 e. The van der Waals surface area contributed by atoms with E-state index in [-0.39, 0.29) is 5.91 Å². The molecule has 0 fully saturated rings. The van der Waals surface area contributed by atoms with Gasteiger partial charge in [0.2, 0.25) is 0 Å². The average molecular weight is 485 g/mol. The molecule has 4 rings (SSSR count). The van der Waals surface area contributed by atoms with Gasteiger partial charge in [-0.1, -0.05) is 42.0 Å². The van der Waals surface area contributed by atoms with Crippen molar-refractivity contribution in [3.05, 3.63) is 70.0 Å². The molecule has 2 aromatic carbocycles. The van der Waals surface area contributed by atoms with Crippen molar-refractivity contribution in [1.82, 2.24) is 14.8 Å². The normalized spacial score (nSPS) is 11.3. The quantitative estimate of drug-likeness (QED) is 0.280. The van der Waals surface area contributed by atoms with Crippen molar-refractivity contribution in [1.29, 1.82) is 0 Å². The fourth-order valence-corrected chi connectivity index (χ4v) is 5.65. The lowest BCUT2D eigenvalue weighted by Gasteiger charge is -2.21. The van der Waals surface area contributed by atoms with Crippen molar-refractivity contribution >= 4 is 56.0 Å². The van der Waals surface area contributed by atoms with Crippen molar-refractivity contribution in [2.24, 2.45) is 0 Å². The highest BCUT2D eigenvalue weighted by molar-refractivity contribution is 7.99. The molecule has 5 nitrogen and oxygen atoms in total. The molecule has 0 aliphatic heterocycles. The van der Waals surface area contributed by atoms with E-state index in [0.717, 1.165) is 37.8 Å². The monoisotopic (exact) mass is 484 g/mol. The van der Waals surface area contributed by atoms with Gasteiger partial charge >= 0.3 is 0 Å². The van der Waals surface area contributed by atoms with E-state index in [9.17, 15) is 4.79 Å². The second kappa shape index (κ2) is 9.65. The fraction of sp³-hybridized carbons (Fsp3) is 0.292. The number of carbonyl (C=O) groups excluding carboxylic acids is 1. The topological polar surface area (TPSA) is 51.0 Å². The number of anilines is 1. The van der Waals surface area contributed by atoms with Crippen LogP contribution in [0.4, 0.5) is 5.13 Å². The van der Waals surface area contributed by atoms with Crippen LogP contribution >= 0.6 is 34.7 Å². The average Bonchev–Trinajstić information content (AvgIpc) is 3.34. The van der Waals surface area contributed by atoms with Crippen molar-refractivity contribution in [3.63, 3.8) is 0 Å². The third-order valence-electron chi connectivity index (χ3n) is 5.27. The Morgan fingerprint density at radius 1 is 1.19 bits per heavy atom. The van der Waals surface area contributed by atoms with Crippen LogP contribution in [0.1, 0.15) is 34.2 Å². The van der Waals surface area contributed by atoms with Gasteiger partial charge in [-0.25, -0.2) is 4.98 Å². The fourth-order valence-electron chi connectivity index (χ4n) is 3.65. The zero-order chi connectivity index (χ0) is 22.8. The summed E-state index contributed by atoms with van der Waals surface area (Å²) in [4.78, 5) is 21.4. The Bertz CT molecular complexity index is 1280. The van der Waals surface area contributed by atoms with Crippen molar-refractivity contribution < 1.29 is 4.79 Å². The smallest absolute Gasteiger partial charge is 0.261 e. The van der Waals surface area contributed by atoms with E-state index in [1.165, 1.54) is 11.3 Å². The van der Waals surface area contributed by atoms with E-state index >= 15 is 0 Å². The molecule has 166 valence electrons. The van der Waals surface area contributed by atoms with Crippen LogP contribution in [0.15, 0.2) is 47.4 Å². The lowest BCUT2D eigenvalue weighted by atomic mass is 10.2. The number of thioether (sulfide) groups is 1. The summed E-state index contributed by atoms with van der Waals surface area (Å²) in [6, 6.07) is 13.7. The molecule has 8 heteroatoms. The van der Waals surface area contributed by atoms with Crippen LogP contribution < -0.4 is 4.90 Å². The highest BCUT2D eigenvalue weighted by Gasteiger charge is 2.24. The summed E-state index contributed by atoms with van der Waals surface area (Å²) in [5.41, 5.74) is 4.51. The number of rotatable bonds is 7. The summed E-state index contributed by atoms with van der Waals surface area (Å²) in [5.74, 6) is 0.848. The second-order valence-electron chi connectivity index (χ2n) is 7.55. The van der Waals surface area contributed by atoms with Crippen molar-refractivity contribution in [2.45, 2.75) is 39.1 Å². The van der Waals surface area contributed by atoms with Gasteiger partial charge in [0.25, 0.3) is 5.91 Å². The largest absolute Gasteiger partial charge is 0.282 e. The summed E-state index contributed by atoms with van der Waals surface area (Å²) in [6.45, 7) is 9.12. The highest BCUT2D eigenvalue weighted by atomic mass is 35.5. The van der Waals surface area contributed by atoms with Gasteiger partial charge in [0.1, 0.15) is 0 Å². The molecule has 0 aliphatic rings. The Morgan fingerprint density at radius 2 is 1.97 bits per heavy atom. The highest BCUT2D eigenvalue weighted by Crippen LogP contribution is 2.35. The Morgan fingerprint density at radius 3 is 2.69 bits per heavy atom. The van der Waals surface area contributed by atoms with E-state index in [4.69, 9.17) is 16.6 Å². The van der Waals surface area contributed by atoms with Gasteiger partial charge in [0.05, 0.1) is 28.0 Å². The lowest BCUT2D eigenvalue weighted by Crippen LogP contribution is -2.34. The van der Waals surface area contributed by atoms with E-state index in [0.29, 0.717) is 28.8 Å². The first-order chi connectivity index (χ1) is 15.4. The Kier molecular flexibility index (Phi) is 6.88. The first-order valence-corrected chi connectivity index (χ1v) is 12.7. The molecule has 0 aliphatic carbocycles. The first kappa shape index (κ1) is 22.8. The number of amides is 1. The molecule has 2 heterocycles. The number of nitrogens with zero attached hydrogens (tertiary/aromatic N) is 4. The molecular formula is C24H25ClN4OS2. The third kappa shape index (κ3) is 4.56. The van der Waals surface area contributed by atoms with Gasteiger partial charge in [0.15, 0.2) is 5.13 Å². The molecule has 0 saturated carbocycles. The third-order valence-corrected chi connectivity index (χ3v) is 7.68. The number of hydrogen-bond donors (Lipinski definition) is 0. The van der Waals surface area contributed by atoms with Crippen molar-refractivity contribution in [3.8, 4) is 0 Å². The number of hydrogen-bond acceptors (Lipinski definition) is 5. The maximum absolute atomic E-state index is 13.8. The zero-order valence-electron chi connectivity index (χ0n) is 18.6. The van der Waals surface area contributed by atoms with Crippen LogP contribution in [0.5, 0.6) is 0 Å². The number of halogens is 1. The number of thiazole rings is 1. The van der Waals surface area contributed by atoms with E-state index in [2.05, 4.69) is 12.0 Å². The second-order valence-corrected chi connectivity index (χ2v) is 10.3. The maximum Gasteiger partial charge on any atom is 0.261 e. The zero-order valence-corrected chi connectivity index (χ0v) is 20.9. The van der Waals surface area contributed by atoms with Crippen molar-refractivity contribution in [2.75, 3.05) is 17.2 Å². The van der Waals surface area contributed by atoms with Gasteiger partial charge in [-0.05, 0) is 62.4 Å². The minimum absolute atomic E-state index is 0.0501. The molecule has 1 amide bonds. The molecule has 0 saturated heterocycles. The van der Waals surface area contributed by atoms with Gasteiger partial charge in [-0.15, -0.1) is 11.8 Å². The summed E-state index contributed by atoms with van der Waals surface area (Å²) < 4.78 is 2.96. The van der Waals surface area contributed by atoms with E-state index < -0.39 is 0 Å². The Hall–Kier alpha value is -2.35. The van der Waals surface area contributed by atoms with Crippen LogP contribution in [-0.2, 0) is 6.54 Å². The van der Waals surface area contributed by atoms with Gasteiger partial charge in [0, 0.05) is 22.2 Å². The van der Waals surface area contributed by atoms with Gasteiger partial charge in [-0.3, -0.25) is 14.4 Å².